The van der Waals surface area contributed by atoms with Gasteiger partial charge in [-0.3, -0.25) is 4.68 Å². The fraction of sp³-hybridized carbons (Fsp3) is 0.167. The second-order valence-electron chi connectivity index (χ2n) is 3.68. The molecular formula is C12H10F2N4. The first-order valence-corrected chi connectivity index (χ1v) is 5.28. The molecule has 18 heavy (non-hydrogen) atoms. The molecule has 0 bridgehead atoms. The molecule has 1 heterocycles. The first-order valence-electron chi connectivity index (χ1n) is 5.28. The second-order valence-corrected chi connectivity index (χ2v) is 3.68. The maximum Gasteiger partial charge on any atom is 0.144 e. The fourth-order valence-corrected chi connectivity index (χ4v) is 1.60. The minimum Gasteiger partial charge on any atom is -0.329 e. The van der Waals surface area contributed by atoms with E-state index in [1.54, 1.807) is 16.9 Å². The smallest absolute Gasteiger partial charge is 0.144 e. The maximum atomic E-state index is 13.4. The highest BCUT2D eigenvalue weighted by Crippen LogP contribution is 2.22. The van der Waals surface area contributed by atoms with E-state index in [4.69, 9.17) is 11.0 Å². The quantitative estimate of drug-likeness (QED) is 0.898. The molecule has 0 atom stereocenters. The Morgan fingerprint density at radius 1 is 1.33 bits per heavy atom. The molecular weight excluding hydrogens is 238 g/mol. The number of rotatable bonds is 3. The van der Waals surface area contributed by atoms with Gasteiger partial charge in [0.25, 0.3) is 0 Å². The predicted molar refractivity (Wildman–Crippen MR) is 61.3 cm³/mol. The molecule has 4 nitrogen and oxygen atoms in total. The lowest BCUT2D eigenvalue weighted by molar-refractivity contribution is 0.577. The number of benzene rings is 1. The van der Waals surface area contributed by atoms with Gasteiger partial charge in [0, 0.05) is 18.3 Å². The fourth-order valence-electron chi connectivity index (χ4n) is 1.60. The van der Waals surface area contributed by atoms with Crippen molar-refractivity contribution in [2.75, 3.05) is 6.54 Å². The van der Waals surface area contributed by atoms with Gasteiger partial charge in [0.1, 0.15) is 23.3 Å². The molecule has 0 aliphatic heterocycles. The average Bonchev–Trinajstić information content (AvgIpc) is 2.78. The lowest BCUT2D eigenvalue weighted by Crippen LogP contribution is -2.10. The summed E-state index contributed by atoms with van der Waals surface area (Å²) in [7, 11) is 0. The standard InChI is InChI=1S/C12H10F2N4/c13-10-5-8(6-11(14)9(10)7-16)12-1-3-18(17-12)4-2-15/h1,3,5-6H,2,4,15H2. The van der Waals surface area contributed by atoms with Gasteiger partial charge >= 0.3 is 0 Å². The molecule has 2 N–H and O–H groups in total. The third-order valence-electron chi connectivity index (χ3n) is 2.45. The minimum atomic E-state index is -0.888. The number of hydrogen-bond donors (Lipinski definition) is 1. The maximum absolute atomic E-state index is 13.4. The number of nitrogens with zero attached hydrogens (tertiary/aromatic N) is 3. The zero-order valence-electron chi connectivity index (χ0n) is 9.40. The third kappa shape index (κ3) is 2.21. The Labute approximate surface area is 102 Å². The third-order valence-corrected chi connectivity index (χ3v) is 2.45. The van der Waals surface area contributed by atoms with Crippen LogP contribution in [0.2, 0.25) is 0 Å². The molecule has 1 aromatic carbocycles. The normalized spacial score (nSPS) is 10.3. The van der Waals surface area contributed by atoms with Crippen LogP contribution in [0.4, 0.5) is 8.78 Å². The lowest BCUT2D eigenvalue weighted by atomic mass is 10.1. The van der Waals surface area contributed by atoms with Gasteiger partial charge in [-0.05, 0) is 18.2 Å². The number of nitriles is 1. The Hall–Kier alpha value is -2.26. The molecule has 2 rings (SSSR count). The van der Waals surface area contributed by atoms with E-state index in [1.807, 2.05) is 0 Å². The van der Waals surface area contributed by atoms with Crippen LogP contribution in [0.1, 0.15) is 5.56 Å². The van der Waals surface area contributed by atoms with Gasteiger partial charge in [-0.15, -0.1) is 0 Å². The molecule has 0 fully saturated rings. The van der Waals surface area contributed by atoms with Gasteiger partial charge in [0.15, 0.2) is 0 Å². The summed E-state index contributed by atoms with van der Waals surface area (Å²) >= 11 is 0. The molecule has 0 amide bonds. The van der Waals surface area contributed by atoms with Crippen molar-refractivity contribution >= 4 is 0 Å². The molecule has 0 aliphatic rings. The van der Waals surface area contributed by atoms with Gasteiger partial charge in [-0.2, -0.15) is 10.4 Å². The van der Waals surface area contributed by atoms with E-state index in [9.17, 15) is 8.78 Å². The van der Waals surface area contributed by atoms with Gasteiger partial charge in [-0.25, -0.2) is 8.78 Å². The second kappa shape index (κ2) is 4.94. The van der Waals surface area contributed by atoms with Crippen LogP contribution in [0.15, 0.2) is 24.4 Å². The Balaban J connectivity index is 2.42. The molecule has 0 spiro atoms. The van der Waals surface area contributed by atoms with E-state index in [0.717, 1.165) is 12.1 Å². The molecule has 92 valence electrons. The van der Waals surface area contributed by atoms with Crippen LogP contribution in [-0.2, 0) is 6.54 Å². The van der Waals surface area contributed by atoms with Crippen molar-refractivity contribution in [1.29, 1.82) is 5.26 Å². The first kappa shape index (κ1) is 12.2. The molecule has 6 heteroatoms. The minimum absolute atomic E-state index is 0.291. The van der Waals surface area contributed by atoms with Crippen molar-refractivity contribution < 1.29 is 8.78 Å². The lowest BCUT2D eigenvalue weighted by Gasteiger charge is -2.01. The Morgan fingerprint density at radius 3 is 2.56 bits per heavy atom. The Bertz CT molecular complexity index is 590. The van der Waals surface area contributed by atoms with Crippen LogP contribution in [0.3, 0.4) is 0 Å². The average molecular weight is 248 g/mol. The van der Waals surface area contributed by atoms with Crippen LogP contribution in [0.5, 0.6) is 0 Å². The molecule has 0 saturated carbocycles. The van der Waals surface area contributed by atoms with E-state index in [-0.39, 0.29) is 0 Å². The summed E-state index contributed by atoms with van der Waals surface area (Å²) in [5, 5.41) is 12.7. The predicted octanol–water partition coefficient (Wildman–Crippen LogP) is 1.66. The van der Waals surface area contributed by atoms with Crippen molar-refractivity contribution in [1.82, 2.24) is 9.78 Å². The van der Waals surface area contributed by atoms with Crippen LogP contribution < -0.4 is 5.73 Å². The van der Waals surface area contributed by atoms with Crippen molar-refractivity contribution in [2.24, 2.45) is 5.73 Å². The van der Waals surface area contributed by atoms with E-state index < -0.39 is 17.2 Å². The molecule has 2 aromatic rings. The van der Waals surface area contributed by atoms with Gasteiger partial charge in [0.2, 0.25) is 0 Å². The van der Waals surface area contributed by atoms with E-state index >= 15 is 0 Å². The summed E-state index contributed by atoms with van der Waals surface area (Å²) in [6.45, 7) is 0.957. The SMILES string of the molecule is N#Cc1c(F)cc(-c2ccn(CCN)n2)cc1F. The summed E-state index contributed by atoms with van der Waals surface area (Å²) < 4.78 is 28.5. The molecule has 1 aromatic heterocycles. The van der Waals surface area contributed by atoms with Crippen molar-refractivity contribution in [3.63, 3.8) is 0 Å². The number of hydrogen-bond acceptors (Lipinski definition) is 3. The summed E-state index contributed by atoms with van der Waals surface area (Å²) in [6.07, 6.45) is 1.68. The Kier molecular flexibility index (Phi) is 3.35. The van der Waals surface area contributed by atoms with Crippen molar-refractivity contribution in [3.05, 3.63) is 41.6 Å². The highest BCUT2D eigenvalue weighted by molar-refractivity contribution is 5.60. The summed E-state index contributed by atoms with van der Waals surface area (Å²) in [5.74, 6) is -1.78. The van der Waals surface area contributed by atoms with E-state index in [1.165, 1.54) is 6.07 Å². The molecule has 0 radical (unpaired) electrons. The van der Waals surface area contributed by atoms with Crippen LogP contribution in [0, 0.1) is 23.0 Å². The van der Waals surface area contributed by atoms with Crippen molar-refractivity contribution in [2.45, 2.75) is 6.54 Å². The number of nitrogens with two attached hydrogens (primary N) is 1. The monoisotopic (exact) mass is 248 g/mol. The van der Waals surface area contributed by atoms with Crippen LogP contribution in [0.25, 0.3) is 11.3 Å². The summed E-state index contributed by atoms with van der Waals surface area (Å²) in [5.41, 5.74) is 5.52. The highest BCUT2D eigenvalue weighted by Gasteiger charge is 2.12. The summed E-state index contributed by atoms with van der Waals surface area (Å²) in [4.78, 5) is 0. The molecule has 0 saturated heterocycles. The van der Waals surface area contributed by atoms with E-state index in [0.29, 0.717) is 24.3 Å². The summed E-state index contributed by atoms with van der Waals surface area (Å²) in [6, 6.07) is 5.30. The largest absolute Gasteiger partial charge is 0.329 e. The highest BCUT2D eigenvalue weighted by atomic mass is 19.1. The number of halogens is 2. The number of aromatic nitrogens is 2. The van der Waals surface area contributed by atoms with Gasteiger partial charge in [0.05, 0.1) is 12.2 Å². The first-order chi connectivity index (χ1) is 8.65. The zero-order valence-corrected chi connectivity index (χ0v) is 9.40. The molecule has 0 aliphatic carbocycles. The van der Waals surface area contributed by atoms with E-state index in [2.05, 4.69) is 5.10 Å². The topological polar surface area (TPSA) is 67.6 Å². The van der Waals surface area contributed by atoms with Crippen LogP contribution >= 0.6 is 0 Å². The van der Waals surface area contributed by atoms with Crippen molar-refractivity contribution in [3.8, 4) is 17.3 Å². The molecule has 0 unspecified atom stereocenters. The Morgan fingerprint density at radius 2 is 2.00 bits per heavy atom. The van der Waals surface area contributed by atoms with Gasteiger partial charge < -0.3 is 5.73 Å². The van der Waals surface area contributed by atoms with Crippen LogP contribution in [-0.4, -0.2) is 16.3 Å². The zero-order chi connectivity index (χ0) is 13.1. The van der Waals surface area contributed by atoms with Gasteiger partial charge in [-0.1, -0.05) is 0 Å².